The van der Waals surface area contributed by atoms with Gasteiger partial charge in [-0.2, -0.15) is 0 Å². The summed E-state index contributed by atoms with van der Waals surface area (Å²) in [6.45, 7) is 10.3. The molecule has 2 unspecified atom stereocenters. The lowest BCUT2D eigenvalue weighted by atomic mass is 9.97. The Morgan fingerprint density at radius 1 is 1.28 bits per heavy atom. The van der Waals surface area contributed by atoms with Crippen molar-refractivity contribution in [2.45, 2.75) is 64.8 Å². The van der Waals surface area contributed by atoms with E-state index in [4.69, 9.17) is 4.74 Å². The normalized spacial score (nSPS) is 14.4. The smallest absolute Gasteiger partial charge is 0.0488 e. The summed E-state index contributed by atoms with van der Waals surface area (Å²) in [6, 6.07) is 0.666. The predicted molar refractivity (Wildman–Crippen MR) is 81.0 cm³/mol. The number of unbranched alkanes of at least 4 members (excludes halogenated alkanes) is 3. The van der Waals surface area contributed by atoms with Crippen molar-refractivity contribution >= 4 is 0 Å². The highest BCUT2D eigenvalue weighted by atomic mass is 16.5. The first-order valence-corrected chi connectivity index (χ1v) is 7.57. The van der Waals surface area contributed by atoms with Gasteiger partial charge in [0, 0.05) is 19.8 Å². The monoisotopic (exact) mass is 255 g/mol. The van der Waals surface area contributed by atoms with E-state index in [-0.39, 0.29) is 0 Å². The molecule has 2 heteroatoms. The number of hydrogen-bond donors (Lipinski definition) is 1. The van der Waals surface area contributed by atoms with Crippen molar-refractivity contribution in [2.75, 3.05) is 20.3 Å². The molecule has 0 amide bonds. The molecule has 0 aliphatic rings. The van der Waals surface area contributed by atoms with Gasteiger partial charge in [0.1, 0.15) is 0 Å². The van der Waals surface area contributed by atoms with Gasteiger partial charge >= 0.3 is 0 Å². The SMILES string of the molecule is C=CCCCCCC(CC(C)COC)NCCC. The van der Waals surface area contributed by atoms with Gasteiger partial charge in [0.15, 0.2) is 0 Å². The molecule has 0 radical (unpaired) electrons. The molecule has 0 rings (SSSR count). The summed E-state index contributed by atoms with van der Waals surface area (Å²) in [4.78, 5) is 0. The molecule has 0 spiro atoms. The average molecular weight is 255 g/mol. The lowest BCUT2D eigenvalue weighted by Gasteiger charge is -2.22. The Labute approximate surface area is 114 Å². The van der Waals surface area contributed by atoms with E-state index in [1.165, 1.54) is 38.5 Å². The van der Waals surface area contributed by atoms with Crippen LogP contribution in [0.5, 0.6) is 0 Å². The van der Waals surface area contributed by atoms with E-state index < -0.39 is 0 Å². The number of rotatable bonds is 13. The van der Waals surface area contributed by atoms with E-state index in [0.29, 0.717) is 12.0 Å². The van der Waals surface area contributed by atoms with E-state index >= 15 is 0 Å². The van der Waals surface area contributed by atoms with E-state index in [1.54, 1.807) is 7.11 Å². The van der Waals surface area contributed by atoms with Gasteiger partial charge in [-0.3, -0.25) is 0 Å². The highest BCUT2D eigenvalue weighted by Crippen LogP contribution is 2.13. The summed E-state index contributed by atoms with van der Waals surface area (Å²) in [7, 11) is 1.79. The molecule has 2 atom stereocenters. The van der Waals surface area contributed by atoms with Crippen LogP contribution < -0.4 is 5.32 Å². The summed E-state index contributed by atoms with van der Waals surface area (Å²) >= 11 is 0. The summed E-state index contributed by atoms with van der Waals surface area (Å²) in [5, 5.41) is 3.67. The minimum atomic E-state index is 0.650. The van der Waals surface area contributed by atoms with Gasteiger partial charge in [0.25, 0.3) is 0 Å². The number of ether oxygens (including phenoxy) is 1. The largest absolute Gasteiger partial charge is 0.384 e. The van der Waals surface area contributed by atoms with Gasteiger partial charge in [-0.05, 0) is 44.6 Å². The zero-order valence-corrected chi connectivity index (χ0v) is 12.7. The van der Waals surface area contributed by atoms with Crippen LogP contribution in [0, 0.1) is 5.92 Å². The molecule has 0 aromatic carbocycles. The highest BCUT2D eigenvalue weighted by molar-refractivity contribution is 4.71. The molecule has 108 valence electrons. The standard InChI is InChI=1S/C16H33NO/c1-5-7-8-9-10-11-16(17-12-6-2)13-15(3)14-18-4/h5,15-17H,1,6-14H2,2-4H3. The van der Waals surface area contributed by atoms with Crippen molar-refractivity contribution in [2.24, 2.45) is 5.92 Å². The zero-order chi connectivity index (χ0) is 13.6. The van der Waals surface area contributed by atoms with Gasteiger partial charge in [0.2, 0.25) is 0 Å². The molecular weight excluding hydrogens is 222 g/mol. The van der Waals surface area contributed by atoms with Gasteiger partial charge in [-0.1, -0.05) is 32.8 Å². The fourth-order valence-electron chi connectivity index (χ4n) is 2.35. The Kier molecular flexibility index (Phi) is 12.9. The van der Waals surface area contributed by atoms with Crippen molar-refractivity contribution in [3.63, 3.8) is 0 Å². The fourth-order valence-corrected chi connectivity index (χ4v) is 2.35. The fraction of sp³-hybridized carbons (Fsp3) is 0.875. The maximum atomic E-state index is 5.23. The molecule has 0 fully saturated rings. The molecule has 0 saturated carbocycles. The second kappa shape index (κ2) is 13.1. The molecule has 0 heterocycles. The second-order valence-electron chi connectivity index (χ2n) is 5.37. The Bertz CT molecular complexity index is 182. The summed E-state index contributed by atoms with van der Waals surface area (Å²) in [5.74, 6) is 0.650. The van der Waals surface area contributed by atoms with Crippen LogP contribution >= 0.6 is 0 Å². The van der Waals surface area contributed by atoms with Crippen LogP contribution in [0.4, 0.5) is 0 Å². The summed E-state index contributed by atoms with van der Waals surface area (Å²) < 4.78 is 5.23. The lowest BCUT2D eigenvalue weighted by Crippen LogP contribution is -2.32. The molecule has 0 saturated heterocycles. The minimum absolute atomic E-state index is 0.650. The third-order valence-electron chi connectivity index (χ3n) is 3.28. The van der Waals surface area contributed by atoms with Crippen molar-refractivity contribution in [3.05, 3.63) is 12.7 Å². The number of allylic oxidation sites excluding steroid dienone is 1. The number of methoxy groups -OCH3 is 1. The first-order chi connectivity index (χ1) is 8.74. The molecule has 0 aliphatic carbocycles. The van der Waals surface area contributed by atoms with Crippen molar-refractivity contribution in [3.8, 4) is 0 Å². The summed E-state index contributed by atoms with van der Waals surface area (Å²) in [5.41, 5.74) is 0. The maximum absolute atomic E-state index is 5.23. The van der Waals surface area contributed by atoms with E-state index in [1.807, 2.05) is 6.08 Å². The van der Waals surface area contributed by atoms with Crippen LogP contribution in [0.2, 0.25) is 0 Å². The van der Waals surface area contributed by atoms with E-state index in [9.17, 15) is 0 Å². The van der Waals surface area contributed by atoms with Crippen LogP contribution in [-0.2, 0) is 4.74 Å². The zero-order valence-electron chi connectivity index (χ0n) is 12.7. The van der Waals surface area contributed by atoms with Crippen LogP contribution in [0.25, 0.3) is 0 Å². The third-order valence-corrected chi connectivity index (χ3v) is 3.28. The molecular formula is C16H33NO. The topological polar surface area (TPSA) is 21.3 Å². The molecule has 1 N–H and O–H groups in total. The van der Waals surface area contributed by atoms with E-state index in [2.05, 4.69) is 25.7 Å². The lowest BCUT2D eigenvalue weighted by molar-refractivity contribution is 0.148. The van der Waals surface area contributed by atoms with Crippen LogP contribution in [-0.4, -0.2) is 26.3 Å². The number of nitrogens with one attached hydrogen (secondary N) is 1. The van der Waals surface area contributed by atoms with Crippen LogP contribution in [0.3, 0.4) is 0 Å². The van der Waals surface area contributed by atoms with Gasteiger partial charge in [0.05, 0.1) is 0 Å². The molecule has 0 aromatic heterocycles. The van der Waals surface area contributed by atoms with Crippen LogP contribution in [0.1, 0.15) is 58.8 Å². The van der Waals surface area contributed by atoms with Gasteiger partial charge in [-0.25, -0.2) is 0 Å². The average Bonchev–Trinajstić information content (AvgIpc) is 2.35. The van der Waals surface area contributed by atoms with Gasteiger partial charge in [-0.15, -0.1) is 6.58 Å². The van der Waals surface area contributed by atoms with E-state index in [0.717, 1.165) is 19.6 Å². The minimum Gasteiger partial charge on any atom is -0.384 e. The summed E-state index contributed by atoms with van der Waals surface area (Å²) in [6.07, 6.45) is 10.9. The molecule has 0 bridgehead atoms. The Morgan fingerprint density at radius 2 is 2.06 bits per heavy atom. The highest BCUT2D eigenvalue weighted by Gasteiger charge is 2.12. The molecule has 0 aromatic rings. The second-order valence-corrected chi connectivity index (χ2v) is 5.37. The Hall–Kier alpha value is -0.340. The molecule has 18 heavy (non-hydrogen) atoms. The quantitative estimate of drug-likeness (QED) is 0.394. The predicted octanol–water partition coefficient (Wildman–Crippen LogP) is 4.16. The van der Waals surface area contributed by atoms with Crippen molar-refractivity contribution in [1.82, 2.24) is 5.32 Å². The number of hydrogen-bond acceptors (Lipinski definition) is 2. The molecule has 2 nitrogen and oxygen atoms in total. The maximum Gasteiger partial charge on any atom is 0.0488 e. The molecule has 0 aliphatic heterocycles. The van der Waals surface area contributed by atoms with Crippen molar-refractivity contribution in [1.29, 1.82) is 0 Å². The third kappa shape index (κ3) is 10.8. The first-order valence-electron chi connectivity index (χ1n) is 7.57. The van der Waals surface area contributed by atoms with Crippen LogP contribution in [0.15, 0.2) is 12.7 Å². The Balaban J connectivity index is 3.79. The first kappa shape index (κ1) is 17.7. The van der Waals surface area contributed by atoms with Crippen molar-refractivity contribution < 1.29 is 4.74 Å². The van der Waals surface area contributed by atoms with Gasteiger partial charge < -0.3 is 10.1 Å². The Morgan fingerprint density at radius 3 is 2.67 bits per heavy atom.